The number of rotatable bonds is 6. The zero-order valence-corrected chi connectivity index (χ0v) is 18.4. The molecule has 0 amide bonds. The zero-order valence-electron chi connectivity index (χ0n) is 18.4. The van der Waals surface area contributed by atoms with Crippen LogP contribution in [0.25, 0.3) is 22.2 Å². The molecule has 5 nitrogen and oxygen atoms in total. The second-order valence-corrected chi connectivity index (χ2v) is 8.45. The Labute approximate surface area is 188 Å². The Kier molecular flexibility index (Phi) is 5.39. The van der Waals surface area contributed by atoms with Gasteiger partial charge in [0, 0.05) is 19.2 Å². The molecule has 1 aromatic heterocycles. The number of imidazole rings is 1. The first-order valence-corrected chi connectivity index (χ1v) is 11.2. The Morgan fingerprint density at radius 3 is 2.38 bits per heavy atom. The molecule has 0 saturated carbocycles. The van der Waals surface area contributed by atoms with E-state index in [-0.39, 0.29) is 18.0 Å². The first kappa shape index (κ1) is 20.3. The van der Waals surface area contributed by atoms with Crippen LogP contribution in [0.5, 0.6) is 0 Å². The highest BCUT2D eigenvalue weighted by atomic mass is 16.6. The van der Waals surface area contributed by atoms with Gasteiger partial charge in [0.1, 0.15) is 6.10 Å². The van der Waals surface area contributed by atoms with Crippen LogP contribution in [-0.2, 0) is 16.6 Å². The van der Waals surface area contributed by atoms with E-state index in [0.717, 1.165) is 58.6 Å². The average molecular weight is 426 g/mol. The fourth-order valence-electron chi connectivity index (χ4n) is 4.45. The van der Waals surface area contributed by atoms with Crippen LogP contribution in [0.15, 0.2) is 72.8 Å². The maximum Gasteiger partial charge on any atom is 0.309 e. The van der Waals surface area contributed by atoms with Crippen molar-refractivity contribution < 1.29 is 9.53 Å². The van der Waals surface area contributed by atoms with Crippen LogP contribution in [0.4, 0.5) is 11.6 Å². The average Bonchev–Trinajstić information content (AvgIpc) is 3.34. The number of para-hydroxylation sites is 2. The molecule has 5 rings (SSSR count). The van der Waals surface area contributed by atoms with Crippen molar-refractivity contribution in [1.29, 1.82) is 0 Å². The van der Waals surface area contributed by atoms with Crippen LogP contribution in [0.3, 0.4) is 0 Å². The van der Waals surface area contributed by atoms with Gasteiger partial charge in [-0.15, -0.1) is 0 Å². The number of cyclic esters (lactones) is 1. The maximum atomic E-state index is 12.0. The fourth-order valence-corrected chi connectivity index (χ4v) is 4.45. The van der Waals surface area contributed by atoms with Gasteiger partial charge in [-0.1, -0.05) is 61.9 Å². The summed E-state index contributed by atoms with van der Waals surface area (Å²) in [5, 5.41) is 3.41. The number of anilines is 2. The van der Waals surface area contributed by atoms with Crippen molar-refractivity contribution in [3.05, 3.63) is 78.4 Å². The van der Waals surface area contributed by atoms with E-state index in [4.69, 9.17) is 4.74 Å². The molecule has 3 aromatic carbocycles. The van der Waals surface area contributed by atoms with Gasteiger partial charge in [-0.2, -0.15) is 0 Å². The normalized spacial score (nSPS) is 18.1. The molecule has 2 atom stereocenters. The Morgan fingerprint density at radius 1 is 1.00 bits per heavy atom. The number of carbonyl (C=O) groups excluding carboxylic acids is 1. The molecule has 1 aliphatic heterocycles. The van der Waals surface area contributed by atoms with E-state index in [0.29, 0.717) is 0 Å². The monoisotopic (exact) mass is 425 g/mol. The van der Waals surface area contributed by atoms with Crippen molar-refractivity contribution in [1.82, 2.24) is 9.55 Å². The van der Waals surface area contributed by atoms with Crippen LogP contribution < -0.4 is 5.32 Å². The van der Waals surface area contributed by atoms with Crippen LogP contribution >= 0.6 is 0 Å². The summed E-state index contributed by atoms with van der Waals surface area (Å²) in [6.07, 6.45) is 2.58. The number of hydrogen-bond acceptors (Lipinski definition) is 4. The van der Waals surface area contributed by atoms with Crippen LogP contribution in [0, 0.1) is 5.92 Å². The summed E-state index contributed by atoms with van der Waals surface area (Å²) < 4.78 is 7.67. The second-order valence-electron chi connectivity index (χ2n) is 8.45. The number of fused-ring (bicyclic) bond motifs is 1. The standard InChI is InChI=1S/C27H27N3O2/c1-3-6-21-17-25(32-26(21)31)20-11-9-18(10-12-20)19-13-15-22(16-14-19)28-27-29-23-7-4-5-8-24(23)30(27)2/h4-5,7-16,21,25H,3,6,17H2,1-2H3,(H,28,29)/t21-,25?/m0/s1. The topological polar surface area (TPSA) is 56.1 Å². The number of carbonyl (C=O) groups is 1. The molecule has 1 saturated heterocycles. The minimum absolute atomic E-state index is 0.0426. The molecule has 0 spiro atoms. The number of nitrogens with zero attached hydrogens (tertiary/aromatic N) is 2. The summed E-state index contributed by atoms with van der Waals surface area (Å²) >= 11 is 0. The summed E-state index contributed by atoms with van der Waals surface area (Å²) in [5.41, 5.74) is 6.41. The Morgan fingerprint density at radius 2 is 1.69 bits per heavy atom. The molecule has 4 aromatic rings. The molecular weight excluding hydrogens is 398 g/mol. The molecule has 162 valence electrons. The highest BCUT2D eigenvalue weighted by Gasteiger charge is 2.34. The molecule has 5 heteroatoms. The highest BCUT2D eigenvalue weighted by molar-refractivity contribution is 5.79. The first-order chi connectivity index (χ1) is 15.6. The summed E-state index contributed by atoms with van der Waals surface area (Å²) in [6, 6.07) is 24.8. The highest BCUT2D eigenvalue weighted by Crippen LogP contribution is 2.36. The molecule has 1 N–H and O–H groups in total. The van der Waals surface area contributed by atoms with Gasteiger partial charge in [0.2, 0.25) is 5.95 Å². The third kappa shape index (κ3) is 3.86. The molecule has 2 heterocycles. The summed E-state index contributed by atoms with van der Waals surface area (Å²) in [4.78, 5) is 16.7. The van der Waals surface area contributed by atoms with Crippen molar-refractivity contribution in [2.45, 2.75) is 32.3 Å². The lowest BCUT2D eigenvalue weighted by Gasteiger charge is -2.11. The van der Waals surface area contributed by atoms with E-state index in [9.17, 15) is 4.79 Å². The lowest BCUT2D eigenvalue weighted by atomic mass is 9.95. The first-order valence-electron chi connectivity index (χ1n) is 11.2. The van der Waals surface area contributed by atoms with Gasteiger partial charge in [-0.3, -0.25) is 4.79 Å². The predicted molar refractivity (Wildman–Crippen MR) is 128 cm³/mol. The molecule has 1 aliphatic rings. The maximum absolute atomic E-state index is 12.0. The van der Waals surface area contributed by atoms with Gasteiger partial charge in [-0.25, -0.2) is 4.98 Å². The molecule has 32 heavy (non-hydrogen) atoms. The van der Waals surface area contributed by atoms with Crippen LogP contribution in [-0.4, -0.2) is 15.5 Å². The SMILES string of the molecule is CCC[C@H]1CC(c2ccc(-c3ccc(Nc4nc5ccccc5n4C)cc3)cc2)OC1=O. The molecule has 0 bridgehead atoms. The molecular formula is C27H27N3O2. The zero-order chi connectivity index (χ0) is 22.1. The number of benzene rings is 3. The fraction of sp³-hybridized carbons (Fsp3) is 0.259. The van der Waals surface area contributed by atoms with Crippen molar-refractivity contribution in [3.8, 4) is 11.1 Å². The van der Waals surface area contributed by atoms with Crippen molar-refractivity contribution in [2.24, 2.45) is 13.0 Å². The van der Waals surface area contributed by atoms with Crippen molar-refractivity contribution in [2.75, 3.05) is 5.32 Å². The smallest absolute Gasteiger partial charge is 0.309 e. The Hall–Kier alpha value is -3.60. The van der Waals surface area contributed by atoms with Crippen molar-refractivity contribution in [3.63, 3.8) is 0 Å². The van der Waals surface area contributed by atoms with E-state index >= 15 is 0 Å². The van der Waals surface area contributed by atoms with Crippen molar-refractivity contribution >= 4 is 28.6 Å². The van der Waals surface area contributed by atoms with Gasteiger partial charge in [0.15, 0.2) is 0 Å². The number of ether oxygens (including phenoxy) is 1. The Balaban J connectivity index is 1.29. The molecule has 1 fully saturated rings. The number of aromatic nitrogens is 2. The molecule has 0 aliphatic carbocycles. The van der Waals surface area contributed by atoms with E-state index in [1.54, 1.807) is 0 Å². The lowest BCUT2D eigenvalue weighted by Crippen LogP contribution is -2.06. The summed E-state index contributed by atoms with van der Waals surface area (Å²) in [6.45, 7) is 2.11. The number of nitrogens with one attached hydrogen (secondary N) is 1. The quantitative estimate of drug-likeness (QED) is 0.364. The minimum Gasteiger partial charge on any atom is -0.457 e. The Bertz CT molecular complexity index is 1240. The molecule has 0 radical (unpaired) electrons. The largest absolute Gasteiger partial charge is 0.457 e. The number of aryl methyl sites for hydroxylation is 1. The number of hydrogen-bond donors (Lipinski definition) is 1. The second kappa shape index (κ2) is 8.50. The van der Waals surface area contributed by atoms with Crippen LogP contribution in [0.2, 0.25) is 0 Å². The minimum atomic E-state index is -0.118. The molecule has 1 unspecified atom stereocenters. The van der Waals surface area contributed by atoms with Crippen LogP contribution in [0.1, 0.15) is 37.9 Å². The van der Waals surface area contributed by atoms with E-state index in [1.165, 1.54) is 0 Å². The summed E-state index contributed by atoms with van der Waals surface area (Å²) in [7, 11) is 2.01. The predicted octanol–water partition coefficient (Wildman–Crippen LogP) is 6.39. The van der Waals surface area contributed by atoms with Gasteiger partial charge < -0.3 is 14.6 Å². The van der Waals surface area contributed by atoms with E-state index in [2.05, 4.69) is 76.4 Å². The van der Waals surface area contributed by atoms with Gasteiger partial charge in [0.25, 0.3) is 0 Å². The van der Waals surface area contributed by atoms with E-state index in [1.807, 2.05) is 25.2 Å². The summed E-state index contributed by atoms with van der Waals surface area (Å²) in [5.74, 6) is 0.807. The third-order valence-electron chi connectivity index (χ3n) is 6.27. The van der Waals surface area contributed by atoms with E-state index < -0.39 is 0 Å². The van der Waals surface area contributed by atoms with Gasteiger partial charge in [0.05, 0.1) is 17.0 Å². The lowest BCUT2D eigenvalue weighted by molar-refractivity contribution is -0.144. The number of esters is 1. The third-order valence-corrected chi connectivity index (χ3v) is 6.27. The van der Waals surface area contributed by atoms with Gasteiger partial charge in [-0.05, 0) is 47.4 Å². The van der Waals surface area contributed by atoms with Gasteiger partial charge >= 0.3 is 5.97 Å².